The Balaban J connectivity index is 3.16. The molecule has 0 spiro atoms. The van der Waals surface area contributed by atoms with E-state index in [2.05, 4.69) is 15.9 Å². The Kier molecular flexibility index (Phi) is 3.32. The highest BCUT2D eigenvalue weighted by Gasteiger charge is 2.32. The lowest BCUT2D eigenvalue weighted by molar-refractivity contribution is -0.146. The smallest absolute Gasteiger partial charge is 0.315 e. The normalized spacial score (nSPS) is 11.1. The zero-order chi connectivity index (χ0) is 10.8. The Morgan fingerprint density at radius 1 is 1.36 bits per heavy atom. The van der Waals surface area contributed by atoms with Gasteiger partial charge in [-0.15, -0.1) is 0 Å². The molecule has 0 atom stereocenters. The number of hydrogen-bond acceptors (Lipinski definition) is 2. The van der Waals surface area contributed by atoms with E-state index in [4.69, 9.17) is 4.74 Å². The second-order valence-electron chi connectivity index (χ2n) is 3.60. The minimum absolute atomic E-state index is 0.232. The number of carbonyl (C=O) groups is 1. The first-order valence-electron chi connectivity index (χ1n) is 4.33. The summed E-state index contributed by atoms with van der Waals surface area (Å²) in [5, 5.41) is 0. The van der Waals surface area contributed by atoms with Gasteiger partial charge >= 0.3 is 5.97 Å². The number of hydrogen-bond donors (Lipinski definition) is 0. The topological polar surface area (TPSA) is 26.3 Å². The van der Waals surface area contributed by atoms with Gasteiger partial charge in [0.1, 0.15) is 0 Å². The summed E-state index contributed by atoms with van der Waals surface area (Å²) in [6.07, 6.45) is 0. The highest BCUT2D eigenvalue weighted by molar-refractivity contribution is 9.10. The van der Waals surface area contributed by atoms with Crippen molar-refractivity contribution in [2.75, 3.05) is 7.11 Å². The van der Waals surface area contributed by atoms with Crippen LogP contribution >= 0.6 is 15.9 Å². The van der Waals surface area contributed by atoms with Crippen molar-refractivity contribution in [3.05, 3.63) is 34.3 Å². The molecule has 0 radical (unpaired) electrons. The van der Waals surface area contributed by atoms with Gasteiger partial charge in [-0.2, -0.15) is 0 Å². The van der Waals surface area contributed by atoms with Crippen molar-refractivity contribution in [3.8, 4) is 0 Å². The molecule has 14 heavy (non-hydrogen) atoms. The van der Waals surface area contributed by atoms with Crippen LogP contribution in [-0.4, -0.2) is 13.1 Å². The zero-order valence-corrected chi connectivity index (χ0v) is 10.1. The fraction of sp³-hybridized carbons (Fsp3) is 0.364. The first-order valence-corrected chi connectivity index (χ1v) is 5.13. The number of benzene rings is 1. The lowest BCUT2D eigenvalue weighted by Gasteiger charge is -2.23. The predicted octanol–water partition coefficient (Wildman–Crippen LogP) is 2.90. The second kappa shape index (κ2) is 4.13. The van der Waals surface area contributed by atoms with E-state index in [0.29, 0.717) is 0 Å². The Hall–Kier alpha value is -0.830. The lowest BCUT2D eigenvalue weighted by atomic mass is 9.85. The molecular formula is C11H13BrO2. The van der Waals surface area contributed by atoms with E-state index in [1.165, 1.54) is 7.11 Å². The van der Waals surface area contributed by atoms with E-state index in [1.54, 1.807) is 0 Å². The summed E-state index contributed by atoms with van der Waals surface area (Å²) in [5.74, 6) is -0.232. The molecule has 3 heteroatoms. The first kappa shape index (κ1) is 11.2. The first-order chi connectivity index (χ1) is 6.50. The van der Waals surface area contributed by atoms with Crippen molar-refractivity contribution in [2.45, 2.75) is 19.3 Å². The van der Waals surface area contributed by atoms with Crippen molar-refractivity contribution in [2.24, 2.45) is 0 Å². The van der Waals surface area contributed by atoms with Gasteiger partial charge in [0.25, 0.3) is 0 Å². The average Bonchev–Trinajstić information content (AvgIpc) is 2.17. The summed E-state index contributed by atoms with van der Waals surface area (Å²) < 4.78 is 5.69. The van der Waals surface area contributed by atoms with E-state index < -0.39 is 5.41 Å². The standard InChI is InChI=1S/C11H13BrO2/c1-11(2,10(13)14-3)8-6-4-5-7-9(8)12/h4-7H,1-3H3. The molecule has 2 nitrogen and oxygen atoms in total. The summed E-state index contributed by atoms with van der Waals surface area (Å²) in [5.41, 5.74) is 0.321. The molecule has 0 aliphatic rings. The van der Waals surface area contributed by atoms with Gasteiger partial charge in [0.15, 0.2) is 0 Å². The van der Waals surface area contributed by atoms with Gasteiger partial charge in [-0.05, 0) is 25.5 Å². The zero-order valence-electron chi connectivity index (χ0n) is 8.50. The quantitative estimate of drug-likeness (QED) is 0.761. The molecule has 0 aromatic heterocycles. The Morgan fingerprint density at radius 3 is 2.43 bits per heavy atom. The molecule has 0 aliphatic carbocycles. The SMILES string of the molecule is COC(=O)C(C)(C)c1ccccc1Br. The molecule has 0 heterocycles. The van der Waals surface area contributed by atoms with Crippen molar-refractivity contribution >= 4 is 21.9 Å². The molecule has 0 saturated carbocycles. The van der Waals surface area contributed by atoms with Gasteiger partial charge in [-0.1, -0.05) is 34.1 Å². The Labute approximate surface area is 92.4 Å². The molecule has 0 aliphatic heterocycles. The Morgan fingerprint density at radius 2 is 1.93 bits per heavy atom. The molecule has 1 aromatic rings. The van der Waals surface area contributed by atoms with Gasteiger partial charge < -0.3 is 4.74 Å². The third kappa shape index (κ3) is 1.98. The minimum atomic E-state index is -0.616. The van der Waals surface area contributed by atoms with Crippen LogP contribution in [0.3, 0.4) is 0 Å². The van der Waals surface area contributed by atoms with E-state index in [9.17, 15) is 4.79 Å². The Bertz CT molecular complexity index is 345. The van der Waals surface area contributed by atoms with E-state index >= 15 is 0 Å². The summed E-state index contributed by atoms with van der Waals surface area (Å²) in [7, 11) is 1.40. The van der Waals surface area contributed by atoms with Crippen LogP contribution in [0.2, 0.25) is 0 Å². The summed E-state index contributed by atoms with van der Waals surface area (Å²) in [6.45, 7) is 3.69. The highest BCUT2D eigenvalue weighted by Crippen LogP contribution is 2.30. The second-order valence-corrected chi connectivity index (χ2v) is 4.45. The van der Waals surface area contributed by atoms with Crippen LogP contribution in [0.25, 0.3) is 0 Å². The molecule has 0 bridgehead atoms. The van der Waals surface area contributed by atoms with E-state index in [0.717, 1.165) is 10.0 Å². The monoisotopic (exact) mass is 256 g/mol. The van der Waals surface area contributed by atoms with Crippen LogP contribution < -0.4 is 0 Å². The maximum atomic E-state index is 11.5. The fourth-order valence-electron chi connectivity index (χ4n) is 1.33. The molecular weight excluding hydrogens is 244 g/mol. The molecule has 1 aromatic carbocycles. The van der Waals surface area contributed by atoms with Crippen LogP contribution in [-0.2, 0) is 14.9 Å². The minimum Gasteiger partial charge on any atom is -0.468 e. The largest absolute Gasteiger partial charge is 0.468 e. The summed E-state index contributed by atoms with van der Waals surface area (Å²) in [6, 6.07) is 7.66. The fourth-order valence-corrected chi connectivity index (χ4v) is 2.11. The molecule has 76 valence electrons. The molecule has 0 saturated heterocycles. The highest BCUT2D eigenvalue weighted by atomic mass is 79.9. The number of carbonyl (C=O) groups excluding carboxylic acids is 1. The lowest BCUT2D eigenvalue weighted by Crippen LogP contribution is -2.30. The molecule has 0 unspecified atom stereocenters. The van der Waals surface area contributed by atoms with Crippen LogP contribution in [0.5, 0.6) is 0 Å². The van der Waals surface area contributed by atoms with Crippen LogP contribution in [0, 0.1) is 0 Å². The summed E-state index contributed by atoms with van der Waals surface area (Å²) in [4.78, 5) is 11.5. The predicted molar refractivity (Wildman–Crippen MR) is 59.2 cm³/mol. The van der Waals surface area contributed by atoms with Crippen molar-refractivity contribution < 1.29 is 9.53 Å². The number of methoxy groups -OCH3 is 1. The molecule has 1 rings (SSSR count). The number of ether oxygens (including phenoxy) is 1. The molecule has 0 fully saturated rings. The maximum Gasteiger partial charge on any atom is 0.315 e. The van der Waals surface area contributed by atoms with Crippen LogP contribution in [0.1, 0.15) is 19.4 Å². The third-order valence-corrected chi connectivity index (χ3v) is 2.93. The van der Waals surface area contributed by atoms with Gasteiger partial charge in [0.05, 0.1) is 12.5 Å². The number of rotatable bonds is 2. The van der Waals surface area contributed by atoms with Crippen molar-refractivity contribution in [1.29, 1.82) is 0 Å². The summed E-state index contributed by atoms with van der Waals surface area (Å²) >= 11 is 3.42. The third-order valence-electron chi connectivity index (χ3n) is 2.24. The molecule has 0 amide bonds. The van der Waals surface area contributed by atoms with Crippen LogP contribution in [0.15, 0.2) is 28.7 Å². The number of halogens is 1. The van der Waals surface area contributed by atoms with Gasteiger partial charge in [-0.3, -0.25) is 4.79 Å². The van der Waals surface area contributed by atoms with Crippen molar-refractivity contribution in [3.63, 3.8) is 0 Å². The van der Waals surface area contributed by atoms with Gasteiger partial charge in [0, 0.05) is 4.47 Å². The van der Waals surface area contributed by atoms with E-state index in [1.807, 2.05) is 38.1 Å². The van der Waals surface area contributed by atoms with Gasteiger partial charge in [0.2, 0.25) is 0 Å². The van der Waals surface area contributed by atoms with Crippen molar-refractivity contribution in [1.82, 2.24) is 0 Å². The van der Waals surface area contributed by atoms with E-state index in [-0.39, 0.29) is 5.97 Å². The maximum absolute atomic E-state index is 11.5. The molecule has 0 N–H and O–H groups in total. The van der Waals surface area contributed by atoms with Crippen LogP contribution in [0.4, 0.5) is 0 Å². The van der Waals surface area contributed by atoms with Gasteiger partial charge in [-0.25, -0.2) is 0 Å². The number of esters is 1. The average molecular weight is 257 g/mol.